The first-order valence-corrected chi connectivity index (χ1v) is 10.2. The number of methoxy groups -OCH3 is 1. The smallest absolute Gasteiger partial charge is 0.337 e. The molecular weight excluding hydrogens is 366 g/mol. The molecule has 0 unspecified atom stereocenters. The Balaban J connectivity index is 1.61. The minimum Gasteiger partial charge on any atom is -0.465 e. The van der Waals surface area contributed by atoms with E-state index in [0.717, 1.165) is 29.7 Å². The van der Waals surface area contributed by atoms with E-state index in [-0.39, 0.29) is 10.5 Å². The molecule has 4 rings (SSSR count). The lowest BCUT2D eigenvalue weighted by molar-refractivity contribution is 0.0600. The molecule has 1 aromatic heterocycles. The van der Waals surface area contributed by atoms with Gasteiger partial charge in [-0.05, 0) is 49.2 Å². The number of aromatic amines is 1. The van der Waals surface area contributed by atoms with Gasteiger partial charge in [-0.3, -0.25) is 4.72 Å². The third kappa shape index (κ3) is 3.40. The number of esters is 1. The number of sulfonamides is 1. The topological polar surface area (TPSA) is 101 Å². The summed E-state index contributed by atoms with van der Waals surface area (Å²) in [5.41, 5.74) is 2.21. The Morgan fingerprint density at radius 1 is 1.22 bits per heavy atom. The highest BCUT2D eigenvalue weighted by Crippen LogP contribution is 2.35. The van der Waals surface area contributed by atoms with Gasteiger partial charge in [0.05, 0.1) is 34.3 Å². The van der Waals surface area contributed by atoms with Gasteiger partial charge in [0.15, 0.2) is 0 Å². The number of fused-ring (bicyclic) bond motifs is 1. The first-order valence-electron chi connectivity index (χ1n) is 8.67. The first kappa shape index (κ1) is 17.5. The van der Waals surface area contributed by atoms with Gasteiger partial charge in [0.2, 0.25) is 0 Å². The van der Waals surface area contributed by atoms with Crippen LogP contribution in [-0.4, -0.2) is 31.5 Å². The predicted molar refractivity (Wildman–Crippen MR) is 101 cm³/mol. The van der Waals surface area contributed by atoms with Crippen LogP contribution in [0.25, 0.3) is 11.0 Å². The molecule has 0 saturated heterocycles. The molecule has 1 aliphatic carbocycles. The largest absolute Gasteiger partial charge is 0.465 e. The van der Waals surface area contributed by atoms with Gasteiger partial charge in [-0.2, -0.15) is 0 Å². The summed E-state index contributed by atoms with van der Waals surface area (Å²) in [5.74, 6) is 0.843. The molecule has 7 nitrogen and oxygen atoms in total. The van der Waals surface area contributed by atoms with E-state index in [0.29, 0.717) is 11.6 Å². The van der Waals surface area contributed by atoms with Crippen LogP contribution in [0, 0.1) is 0 Å². The van der Waals surface area contributed by atoms with Crippen molar-refractivity contribution in [3.05, 3.63) is 53.9 Å². The molecule has 8 heteroatoms. The molecule has 0 aliphatic heterocycles. The number of aromatic nitrogens is 2. The van der Waals surface area contributed by atoms with Crippen LogP contribution in [0.3, 0.4) is 0 Å². The first-order chi connectivity index (χ1) is 13.0. The molecule has 140 valence electrons. The van der Waals surface area contributed by atoms with E-state index in [9.17, 15) is 13.2 Å². The Kier molecular flexibility index (Phi) is 4.35. The van der Waals surface area contributed by atoms with Crippen molar-refractivity contribution in [2.24, 2.45) is 0 Å². The Morgan fingerprint density at radius 3 is 2.74 bits per heavy atom. The van der Waals surface area contributed by atoms with Crippen molar-refractivity contribution in [1.82, 2.24) is 9.97 Å². The fraction of sp³-hybridized carbons (Fsp3) is 0.263. The lowest BCUT2D eigenvalue weighted by atomic mass is 9.85. The standard InChI is InChI=1S/C19H19N3O4S/c1-26-19(23)13-6-3-7-15(10-13)27(24,25)22-14-8-9-16-17(11-14)21-18(20-16)12-4-2-5-12/h3,6-12,22H,2,4-5H2,1H3,(H,20,21). The Morgan fingerprint density at radius 2 is 2.04 bits per heavy atom. The maximum atomic E-state index is 12.7. The third-order valence-corrected chi connectivity index (χ3v) is 6.19. The van der Waals surface area contributed by atoms with Crippen molar-refractivity contribution in [3.8, 4) is 0 Å². The summed E-state index contributed by atoms with van der Waals surface area (Å²) in [5, 5.41) is 0. The van der Waals surface area contributed by atoms with E-state index in [1.54, 1.807) is 18.2 Å². The van der Waals surface area contributed by atoms with E-state index in [2.05, 4.69) is 19.4 Å². The van der Waals surface area contributed by atoms with E-state index in [1.807, 2.05) is 0 Å². The number of hydrogen-bond donors (Lipinski definition) is 2. The zero-order valence-corrected chi connectivity index (χ0v) is 15.5. The highest BCUT2D eigenvalue weighted by molar-refractivity contribution is 7.92. The monoisotopic (exact) mass is 385 g/mol. The van der Waals surface area contributed by atoms with E-state index >= 15 is 0 Å². The van der Waals surface area contributed by atoms with Gasteiger partial charge >= 0.3 is 5.97 Å². The summed E-state index contributed by atoms with van der Waals surface area (Å²) in [6.07, 6.45) is 3.49. The van der Waals surface area contributed by atoms with Crippen LogP contribution in [0.4, 0.5) is 5.69 Å². The van der Waals surface area contributed by atoms with Crippen LogP contribution in [0.2, 0.25) is 0 Å². The van der Waals surface area contributed by atoms with E-state index in [1.165, 1.54) is 37.8 Å². The SMILES string of the molecule is COC(=O)c1cccc(S(=O)(=O)Nc2ccc3nc(C4CCC4)[nH]c3c2)c1. The number of rotatable bonds is 5. The number of H-pyrrole nitrogens is 1. The molecule has 2 N–H and O–H groups in total. The lowest BCUT2D eigenvalue weighted by Gasteiger charge is -2.22. The average molecular weight is 385 g/mol. The van der Waals surface area contributed by atoms with Crippen LogP contribution in [0.5, 0.6) is 0 Å². The van der Waals surface area contributed by atoms with Crippen molar-refractivity contribution in [2.75, 3.05) is 11.8 Å². The van der Waals surface area contributed by atoms with Crippen molar-refractivity contribution in [1.29, 1.82) is 0 Å². The number of carbonyl (C=O) groups is 1. The van der Waals surface area contributed by atoms with E-state index in [4.69, 9.17) is 0 Å². The number of hydrogen-bond acceptors (Lipinski definition) is 5. The fourth-order valence-electron chi connectivity index (χ4n) is 3.09. The predicted octanol–water partition coefficient (Wildman–Crippen LogP) is 3.42. The van der Waals surface area contributed by atoms with Crippen LogP contribution in [0.1, 0.15) is 41.4 Å². The van der Waals surface area contributed by atoms with Crippen LogP contribution >= 0.6 is 0 Å². The Bertz CT molecular complexity index is 1120. The summed E-state index contributed by atoms with van der Waals surface area (Å²) < 4.78 is 32.6. The van der Waals surface area contributed by atoms with Gasteiger partial charge in [0.25, 0.3) is 10.0 Å². The molecule has 1 heterocycles. The van der Waals surface area contributed by atoms with Gasteiger partial charge < -0.3 is 9.72 Å². The molecule has 3 aromatic rings. The van der Waals surface area contributed by atoms with Crippen molar-refractivity contribution in [2.45, 2.75) is 30.1 Å². The van der Waals surface area contributed by atoms with Crippen molar-refractivity contribution in [3.63, 3.8) is 0 Å². The highest BCUT2D eigenvalue weighted by atomic mass is 32.2. The van der Waals surface area contributed by atoms with Gasteiger partial charge in [-0.25, -0.2) is 18.2 Å². The number of nitrogens with one attached hydrogen (secondary N) is 2. The average Bonchev–Trinajstić information content (AvgIpc) is 3.01. The van der Waals surface area contributed by atoms with Crippen molar-refractivity contribution >= 4 is 32.7 Å². The number of benzene rings is 2. The van der Waals surface area contributed by atoms with Gasteiger partial charge in [0, 0.05) is 5.92 Å². The summed E-state index contributed by atoms with van der Waals surface area (Å²) in [6.45, 7) is 0. The molecule has 0 amide bonds. The highest BCUT2D eigenvalue weighted by Gasteiger charge is 2.23. The molecule has 0 atom stereocenters. The molecule has 0 spiro atoms. The molecule has 1 aliphatic rings. The van der Waals surface area contributed by atoms with Gasteiger partial charge in [-0.1, -0.05) is 12.5 Å². The number of anilines is 1. The number of carbonyl (C=O) groups excluding carboxylic acids is 1. The Labute approximate surface area is 156 Å². The zero-order chi connectivity index (χ0) is 19.0. The number of imidazole rings is 1. The molecule has 2 aromatic carbocycles. The van der Waals surface area contributed by atoms with E-state index < -0.39 is 16.0 Å². The number of nitrogens with zero attached hydrogens (tertiary/aromatic N) is 1. The molecular formula is C19H19N3O4S. The van der Waals surface area contributed by atoms with Crippen molar-refractivity contribution < 1.29 is 17.9 Å². The minimum absolute atomic E-state index is 0.00901. The molecule has 0 bridgehead atoms. The van der Waals surface area contributed by atoms with Crippen LogP contribution in [0.15, 0.2) is 47.4 Å². The molecule has 1 saturated carbocycles. The van der Waals surface area contributed by atoms with Crippen LogP contribution in [-0.2, 0) is 14.8 Å². The lowest BCUT2D eigenvalue weighted by Crippen LogP contribution is -2.14. The maximum Gasteiger partial charge on any atom is 0.337 e. The second-order valence-corrected chi connectivity index (χ2v) is 8.29. The summed E-state index contributed by atoms with van der Waals surface area (Å²) in [4.78, 5) is 19.5. The van der Waals surface area contributed by atoms with Gasteiger partial charge in [-0.15, -0.1) is 0 Å². The third-order valence-electron chi connectivity index (χ3n) is 4.81. The normalized spacial score (nSPS) is 14.7. The Hall–Kier alpha value is -2.87. The molecule has 1 fully saturated rings. The summed E-state index contributed by atoms with van der Waals surface area (Å²) in [6, 6.07) is 10.9. The molecule has 27 heavy (non-hydrogen) atoms. The second kappa shape index (κ2) is 6.70. The molecule has 0 radical (unpaired) electrons. The fourth-order valence-corrected chi connectivity index (χ4v) is 4.18. The van der Waals surface area contributed by atoms with Gasteiger partial charge in [0.1, 0.15) is 5.82 Å². The summed E-state index contributed by atoms with van der Waals surface area (Å²) >= 11 is 0. The zero-order valence-electron chi connectivity index (χ0n) is 14.7. The second-order valence-electron chi connectivity index (χ2n) is 6.61. The number of ether oxygens (including phenoxy) is 1. The maximum absolute atomic E-state index is 12.7. The summed E-state index contributed by atoms with van der Waals surface area (Å²) in [7, 11) is -2.59. The minimum atomic E-state index is -3.84. The quantitative estimate of drug-likeness (QED) is 0.656. The van der Waals surface area contributed by atoms with Crippen LogP contribution < -0.4 is 4.72 Å².